The van der Waals surface area contributed by atoms with Crippen LogP contribution in [-0.4, -0.2) is 40.1 Å². The van der Waals surface area contributed by atoms with Crippen LogP contribution in [0.4, 0.5) is 0 Å². The van der Waals surface area contributed by atoms with Gasteiger partial charge in [0, 0.05) is 18.0 Å². The molecule has 4 nitrogen and oxygen atoms in total. The fourth-order valence-corrected chi connectivity index (χ4v) is 3.54. The van der Waals surface area contributed by atoms with Gasteiger partial charge in [-0.05, 0) is 30.4 Å². The lowest BCUT2D eigenvalue weighted by molar-refractivity contribution is -0.141. The number of hydrogen-bond acceptors (Lipinski definition) is 3. The molecule has 0 bridgehead atoms. The van der Waals surface area contributed by atoms with E-state index in [1.165, 1.54) is 0 Å². The molecule has 6 heteroatoms. The Morgan fingerprint density at radius 3 is 2.38 bits per heavy atom. The van der Waals surface area contributed by atoms with Crippen LogP contribution in [-0.2, 0) is 22.7 Å². The number of carbonyl (C=O) groups excluding carboxylic acids is 2. The number of alkyl halides is 1. The Hall–Kier alpha value is -1.85. The molecule has 1 heterocycles. The molecular formula is C20H25ClN2O2S. The molecule has 0 radical (unpaired) electrons. The van der Waals surface area contributed by atoms with Crippen molar-refractivity contribution in [1.82, 2.24) is 9.80 Å². The Morgan fingerprint density at radius 2 is 1.81 bits per heavy atom. The molecule has 1 atom stereocenters. The van der Waals surface area contributed by atoms with E-state index in [1.807, 2.05) is 54.8 Å². The van der Waals surface area contributed by atoms with E-state index in [1.54, 1.807) is 28.1 Å². The summed E-state index contributed by atoms with van der Waals surface area (Å²) in [5.74, 6) is -0.265. The molecule has 2 rings (SSSR count). The molecule has 0 N–H and O–H groups in total. The standard InChI is InChI=1S/C20H25ClN2O2S/c1-3-11-22(20(25)16(2)21)15-19(24)23(14-18-10-7-12-26-18)13-17-8-5-4-6-9-17/h4-10,12,16H,3,11,13-15H2,1-2H3/t16-/m0/s1. The summed E-state index contributed by atoms with van der Waals surface area (Å²) in [6, 6.07) is 13.9. The third-order valence-electron chi connectivity index (χ3n) is 3.97. The number of thiophene rings is 1. The van der Waals surface area contributed by atoms with E-state index in [0.717, 1.165) is 16.9 Å². The second-order valence-corrected chi connectivity index (χ2v) is 7.88. The first-order valence-corrected chi connectivity index (χ1v) is 10.1. The lowest BCUT2D eigenvalue weighted by Gasteiger charge is -2.28. The molecule has 0 aliphatic carbocycles. The third kappa shape index (κ3) is 6.15. The number of carbonyl (C=O) groups is 2. The van der Waals surface area contributed by atoms with E-state index >= 15 is 0 Å². The van der Waals surface area contributed by atoms with Gasteiger partial charge >= 0.3 is 0 Å². The average Bonchev–Trinajstić information content (AvgIpc) is 3.14. The number of halogens is 1. The zero-order valence-corrected chi connectivity index (χ0v) is 16.8. The van der Waals surface area contributed by atoms with Crippen LogP contribution in [0, 0.1) is 0 Å². The van der Waals surface area contributed by atoms with Crippen molar-refractivity contribution in [2.45, 2.75) is 38.7 Å². The van der Waals surface area contributed by atoms with Gasteiger partial charge in [-0.2, -0.15) is 0 Å². The van der Waals surface area contributed by atoms with Crippen molar-refractivity contribution in [3.05, 3.63) is 58.3 Å². The van der Waals surface area contributed by atoms with Gasteiger partial charge in [0.05, 0.1) is 13.1 Å². The van der Waals surface area contributed by atoms with E-state index in [0.29, 0.717) is 19.6 Å². The zero-order valence-electron chi connectivity index (χ0n) is 15.2. The average molecular weight is 393 g/mol. The number of amides is 2. The maximum atomic E-state index is 13.0. The highest BCUT2D eigenvalue weighted by atomic mass is 35.5. The zero-order chi connectivity index (χ0) is 18.9. The summed E-state index contributed by atoms with van der Waals surface area (Å²) < 4.78 is 0. The molecule has 0 fully saturated rings. The lowest BCUT2D eigenvalue weighted by Crippen LogP contribution is -2.44. The van der Waals surface area contributed by atoms with Gasteiger partial charge in [-0.3, -0.25) is 9.59 Å². The second kappa shape index (κ2) is 10.3. The predicted molar refractivity (Wildman–Crippen MR) is 107 cm³/mol. The highest BCUT2D eigenvalue weighted by Gasteiger charge is 2.23. The van der Waals surface area contributed by atoms with Gasteiger partial charge in [0.2, 0.25) is 11.8 Å². The lowest BCUT2D eigenvalue weighted by atomic mass is 10.2. The molecule has 0 unspecified atom stereocenters. The summed E-state index contributed by atoms with van der Waals surface area (Å²) in [6.45, 7) is 5.27. The SMILES string of the molecule is CCCN(CC(=O)N(Cc1ccccc1)Cc1cccs1)C(=O)[C@H](C)Cl. The third-order valence-corrected chi connectivity index (χ3v) is 5.02. The Balaban J connectivity index is 2.13. The van der Waals surface area contributed by atoms with E-state index < -0.39 is 5.38 Å². The minimum absolute atomic E-state index is 0.0575. The van der Waals surface area contributed by atoms with Crippen molar-refractivity contribution < 1.29 is 9.59 Å². The van der Waals surface area contributed by atoms with E-state index in [2.05, 4.69) is 0 Å². The van der Waals surface area contributed by atoms with Gasteiger partial charge < -0.3 is 9.80 Å². The van der Waals surface area contributed by atoms with Crippen molar-refractivity contribution in [2.24, 2.45) is 0 Å². The Labute approximate surface area is 164 Å². The van der Waals surface area contributed by atoms with Crippen LogP contribution in [0.25, 0.3) is 0 Å². The van der Waals surface area contributed by atoms with Crippen LogP contribution >= 0.6 is 22.9 Å². The largest absolute Gasteiger partial charge is 0.332 e. The van der Waals surface area contributed by atoms with Crippen LogP contribution in [0.5, 0.6) is 0 Å². The first-order chi connectivity index (χ1) is 12.5. The molecular weight excluding hydrogens is 368 g/mol. The second-order valence-electron chi connectivity index (χ2n) is 6.19. The summed E-state index contributed by atoms with van der Waals surface area (Å²) in [6.07, 6.45) is 0.784. The van der Waals surface area contributed by atoms with Crippen LogP contribution in [0.1, 0.15) is 30.7 Å². The van der Waals surface area contributed by atoms with Crippen LogP contribution in [0.2, 0.25) is 0 Å². The molecule has 2 aromatic rings. The molecule has 26 heavy (non-hydrogen) atoms. The van der Waals surface area contributed by atoms with Crippen LogP contribution < -0.4 is 0 Å². The van der Waals surface area contributed by atoms with E-state index in [4.69, 9.17) is 11.6 Å². The van der Waals surface area contributed by atoms with Crippen molar-refractivity contribution in [3.63, 3.8) is 0 Å². The van der Waals surface area contributed by atoms with Gasteiger partial charge in [-0.15, -0.1) is 22.9 Å². The summed E-state index contributed by atoms with van der Waals surface area (Å²) in [5, 5.41) is 1.37. The smallest absolute Gasteiger partial charge is 0.242 e. The maximum absolute atomic E-state index is 13.0. The van der Waals surface area contributed by atoms with Gasteiger partial charge in [0.25, 0.3) is 0 Å². The Bertz CT molecular complexity index is 689. The summed E-state index contributed by atoms with van der Waals surface area (Å²) in [4.78, 5) is 29.8. The van der Waals surface area contributed by atoms with Crippen molar-refractivity contribution >= 4 is 34.8 Å². The topological polar surface area (TPSA) is 40.6 Å². The number of rotatable bonds is 9. The predicted octanol–water partition coefficient (Wildman–Crippen LogP) is 4.14. The molecule has 1 aromatic heterocycles. The van der Waals surface area contributed by atoms with Gasteiger partial charge in [0.1, 0.15) is 5.38 Å². The van der Waals surface area contributed by atoms with Crippen molar-refractivity contribution in [3.8, 4) is 0 Å². The Kier molecular flexibility index (Phi) is 8.13. The monoisotopic (exact) mass is 392 g/mol. The van der Waals surface area contributed by atoms with Gasteiger partial charge in [-0.25, -0.2) is 0 Å². The first-order valence-electron chi connectivity index (χ1n) is 8.78. The summed E-state index contributed by atoms with van der Waals surface area (Å²) >= 11 is 7.58. The van der Waals surface area contributed by atoms with Crippen LogP contribution in [0.3, 0.4) is 0 Å². The summed E-state index contributed by atoms with van der Waals surface area (Å²) in [7, 11) is 0. The Morgan fingerprint density at radius 1 is 1.08 bits per heavy atom. The minimum Gasteiger partial charge on any atom is -0.332 e. The van der Waals surface area contributed by atoms with Crippen molar-refractivity contribution in [2.75, 3.05) is 13.1 Å². The minimum atomic E-state index is -0.630. The summed E-state index contributed by atoms with van der Waals surface area (Å²) in [5.41, 5.74) is 1.07. The quantitative estimate of drug-likeness (QED) is 0.601. The molecule has 0 aliphatic heterocycles. The number of hydrogen-bond donors (Lipinski definition) is 0. The molecule has 140 valence electrons. The molecule has 2 amide bonds. The number of nitrogens with zero attached hydrogens (tertiary/aromatic N) is 2. The van der Waals surface area contributed by atoms with Crippen LogP contribution in [0.15, 0.2) is 47.8 Å². The van der Waals surface area contributed by atoms with Crippen molar-refractivity contribution in [1.29, 1.82) is 0 Å². The number of benzene rings is 1. The molecule has 0 saturated heterocycles. The fraction of sp³-hybridized carbons (Fsp3) is 0.400. The first kappa shape index (κ1) is 20.5. The molecule has 0 spiro atoms. The highest BCUT2D eigenvalue weighted by Crippen LogP contribution is 2.15. The maximum Gasteiger partial charge on any atom is 0.242 e. The molecule has 0 aliphatic rings. The molecule has 1 aromatic carbocycles. The normalized spacial score (nSPS) is 11.8. The van der Waals surface area contributed by atoms with E-state index in [9.17, 15) is 9.59 Å². The van der Waals surface area contributed by atoms with Gasteiger partial charge in [-0.1, -0.05) is 43.3 Å². The fourth-order valence-electron chi connectivity index (χ4n) is 2.68. The highest BCUT2D eigenvalue weighted by molar-refractivity contribution is 7.09. The van der Waals surface area contributed by atoms with Gasteiger partial charge in [0.15, 0.2) is 0 Å². The molecule has 0 saturated carbocycles. The van der Waals surface area contributed by atoms with E-state index in [-0.39, 0.29) is 18.4 Å².